The van der Waals surface area contributed by atoms with Crippen molar-refractivity contribution in [2.24, 2.45) is 0 Å². The molecule has 1 aliphatic rings. The number of hydrogen-bond acceptors (Lipinski definition) is 2. The second-order valence-electron chi connectivity index (χ2n) is 3.73. The van der Waals surface area contributed by atoms with E-state index in [1.54, 1.807) is 5.57 Å². The van der Waals surface area contributed by atoms with E-state index in [4.69, 9.17) is 0 Å². The fraction of sp³-hybridized carbons (Fsp3) is 0.667. The molecule has 0 unspecified atom stereocenters. The molecule has 0 heterocycles. The van der Waals surface area contributed by atoms with E-state index in [0.717, 1.165) is 26.1 Å². The first-order chi connectivity index (χ1) is 6.93. The Morgan fingerprint density at radius 1 is 1.21 bits per heavy atom. The molecule has 2 heteroatoms. The first-order valence-corrected chi connectivity index (χ1v) is 5.61. The molecule has 0 amide bonds. The monoisotopic (exact) mass is 194 g/mol. The maximum Gasteiger partial charge on any atom is 0.00766 e. The van der Waals surface area contributed by atoms with Crippen LogP contribution >= 0.6 is 0 Å². The Morgan fingerprint density at radius 3 is 2.86 bits per heavy atom. The van der Waals surface area contributed by atoms with Crippen LogP contribution in [0.15, 0.2) is 23.8 Å². The predicted molar refractivity (Wildman–Crippen MR) is 62.5 cm³/mol. The lowest BCUT2D eigenvalue weighted by Gasteiger charge is -2.08. The molecule has 0 bridgehead atoms. The van der Waals surface area contributed by atoms with Gasteiger partial charge in [0.05, 0.1) is 0 Å². The molecule has 14 heavy (non-hydrogen) atoms. The number of nitrogens with one attached hydrogen (secondary N) is 2. The molecule has 0 radical (unpaired) electrons. The lowest BCUT2D eigenvalue weighted by atomic mass is 10.0. The Morgan fingerprint density at radius 2 is 2.14 bits per heavy atom. The van der Waals surface area contributed by atoms with Gasteiger partial charge in [0.25, 0.3) is 0 Å². The molecule has 0 saturated carbocycles. The number of rotatable bonds is 7. The van der Waals surface area contributed by atoms with Gasteiger partial charge in [0.2, 0.25) is 0 Å². The maximum absolute atomic E-state index is 3.42. The molecule has 0 aromatic carbocycles. The predicted octanol–water partition coefficient (Wildman–Crippen LogP) is 1.85. The second-order valence-corrected chi connectivity index (χ2v) is 3.73. The van der Waals surface area contributed by atoms with Crippen LogP contribution in [0.25, 0.3) is 0 Å². The van der Waals surface area contributed by atoms with E-state index in [9.17, 15) is 0 Å². The zero-order chi connectivity index (χ0) is 10.1. The largest absolute Gasteiger partial charge is 0.318 e. The van der Waals surface area contributed by atoms with Crippen molar-refractivity contribution in [2.45, 2.75) is 25.7 Å². The van der Waals surface area contributed by atoms with Crippen LogP contribution in [-0.2, 0) is 0 Å². The summed E-state index contributed by atoms with van der Waals surface area (Å²) in [5.41, 5.74) is 1.61. The maximum atomic E-state index is 3.42. The highest BCUT2D eigenvalue weighted by Gasteiger charge is 1.98. The summed E-state index contributed by atoms with van der Waals surface area (Å²) in [6.07, 6.45) is 11.7. The molecule has 2 N–H and O–H groups in total. The van der Waals surface area contributed by atoms with Crippen molar-refractivity contribution < 1.29 is 0 Å². The van der Waals surface area contributed by atoms with Gasteiger partial charge in [0.1, 0.15) is 0 Å². The zero-order valence-corrected chi connectivity index (χ0v) is 9.18. The Balaban J connectivity index is 1.91. The molecule has 1 rings (SSSR count). The smallest absolute Gasteiger partial charge is 0.00766 e. The molecule has 0 aliphatic heterocycles. The minimum absolute atomic E-state index is 1.06. The quantitative estimate of drug-likeness (QED) is 0.477. The Bertz CT molecular complexity index is 194. The fourth-order valence-corrected chi connectivity index (χ4v) is 1.63. The van der Waals surface area contributed by atoms with Gasteiger partial charge in [0.15, 0.2) is 0 Å². The van der Waals surface area contributed by atoms with E-state index in [1.165, 1.54) is 19.3 Å². The molecule has 80 valence electrons. The van der Waals surface area contributed by atoms with Gasteiger partial charge in [-0.25, -0.2) is 0 Å². The number of allylic oxidation sites excluding steroid dienone is 4. The Hall–Kier alpha value is -0.600. The Labute approximate surface area is 87.5 Å². The van der Waals surface area contributed by atoms with Crippen molar-refractivity contribution in [1.29, 1.82) is 0 Å². The first-order valence-electron chi connectivity index (χ1n) is 5.61. The third-order valence-electron chi connectivity index (χ3n) is 2.49. The van der Waals surface area contributed by atoms with Gasteiger partial charge in [-0.3, -0.25) is 0 Å². The standard InChI is InChI=1S/C12H22N2/c1-13-10-11-14-9-5-8-12-6-3-2-4-7-12/h2-3,7,13-14H,4-6,8-11H2,1H3. The van der Waals surface area contributed by atoms with Crippen LogP contribution in [0.5, 0.6) is 0 Å². The minimum Gasteiger partial charge on any atom is -0.318 e. The molecule has 2 nitrogen and oxygen atoms in total. The molecule has 1 aliphatic carbocycles. The average Bonchev–Trinajstić information content (AvgIpc) is 2.25. The SMILES string of the molecule is CNCCNCCCC1=CCC=CC1. The highest BCUT2D eigenvalue weighted by atomic mass is 14.9. The van der Waals surface area contributed by atoms with Crippen molar-refractivity contribution in [3.63, 3.8) is 0 Å². The highest BCUT2D eigenvalue weighted by molar-refractivity contribution is 5.14. The highest BCUT2D eigenvalue weighted by Crippen LogP contribution is 2.15. The van der Waals surface area contributed by atoms with Gasteiger partial charge in [-0.1, -0.05) is 23.8 Å². The zero-order valence-electron chi connectivity index (χ0n) is 9.18. The minimum atomic E-state index is 1.06. The van der Waals surface area contributed by atoms with Crippen molar-refractivity contribution in [3.05, 3.63) is 23.8 Å². The molecule has 0 aromatic heterocycles. The van der Waals surface area contributed by atoms with Crippen LogP contribution in [-0.4, -0.2) is 26.7 Å². The van der Waals surface area contributed by atoms with E-state index in [-0.39, 0.29) is 0 Å². The number of hydrogen-bond donors (Lipinski definition) is 2. The molecule has 0 saturated heterocycles. The van der Waals surface area contributed by atoms with E-state index >= 15 is 0 Å². The van der Waals surface area contributed by atoms with E-state index in [0.29, 0.717) is 0 Å². The van der Waals surface area contributed by atoms with Crippen LogP contribution in [0.4, 0.5) is 0 Å². The van der Waals surface area contributed by atoms with Crippen LogP contribution in [0.3, 0.4) is 0 Å². The van der Waals surface area contributed by atoms with Crippen molar-refractivity contribution in [2.75, 3.05) is 26.7 Å². The lowest BCUT2D eigenvalue weighted by Crippen LogP contribution is -2.25. The summed E-state index contributed by atoms with van der Waals surface area (Å²) < 4.78 is 0. The third kappa shape index (κ3) is 5.20. The third-order valence-corrected chi connectivity index (χ3v) is 2.49. The van der Waals surface area contributed by atoms with Crippen molar-refractivity contribution >= 4 is 0 Å². The summed E-state index contributed by atoms with van der Waals surface area (Å²) in [6, 6.07) is 0. The molecule has 0 atom stereocenters. The van der Waals surface area contributed by atoms with Crippen LogP contribution in [0.2, 0.25) is 0 Å². The summed E-state index contributed by atoms with van der Waals surface area (Å²) in [4.78, 5) is 0. The van der Waals surface area contributed by atoms with Gasteiger partial charge in [-0.05, 0) is 39.3 Å². The summed E-state index contributed by atoms with van der Waals surface area (Å²) in [5, 5.41) is 6.54. The van der Waals surface area contributed by atoms with Gasteiger partial charge >= 0.3 is 0 Å². The van der Waals surface area contributed by atoms with Crippen molar-refractivity contribution in [3.8, 4) is 0 Å². The summed E-state index contributed by atoms with van der Waals surface area (Å²) >= 11 is 0. The van der Waals surface area contributed by atoms with E-state index in [1.807, 2.05) is 7.05 Å². The molecule has 0 aromatic rings. The summed E-state index contributed by atoms with van der Waals surface area (Å²) in [7, 11) is 1.99. The van der Waals surface area contributed by atoms with Crippen molar-refractivity contribution in [1.82, 2.24) is 10.6 Å². The molecular formula is C12H22N2. The summed E-state index contributed by atoms with van der Waals surface area (Å²) in [5.74, 6) is 0. The van der Waals surface area contributed by atoms with Crippen LogP contribution in [0.1, 0.15) is 25.7 Å². The lowest BCUT2D eigenvalue weighted by molar-refractivity contribution is 0.621. The summed E-state index contributed by atoms with van der Waals surface area (Å²) in [6.45, 7) is 3.28. The van der Waals surface area contributed by atoms with E-state index < -0.39 is 0 Å². The molecule has 0 fully saturated rings. The molecular weight excluding hydrogens is 172 g/mol. The number of likely N-dealkylation sites (N-methyl/N-ethyl adjacent to an activating group) is 1. The Kier molecular flexibility index (Phi) is 6.37. The normalized spacial score (nSPS) is 15.6. The molecule has 0 spiro atoms. The topological polar surface area (TPSA) is 24.1 Å². The second kappa shape index (κ2) is 7.77. The van der Waals surface area contributed by atoms with Crippen LogP contribution in [0, 0.1) is 0 Å². The first kappa shape index (κ1) is 11.5. The van der Waals surface area contributed by atoms with E-state index in [2.05, 4.69) is 28.9 Å². The van der Waals surface area contributed by atoms with Gasteiger partial charge in [0, 0.05) is 13.1 Å². The van der Waals surface area contributed by atoms with Gasteiger partial charge in [-0.2, -0.15) is 0 Å². The van der Waals surface area contributed by atoms with Gasteiger partial charge < -0.3 is 10.6 Å². The van der Waals surface area contributed by atoms with Gasteiger partial charge in [-0.15, -0.1) is 0 Å². The fourth-order valence-electron chi connectivity index (χ4n) is 1.63. The van der Waals surface area contributed by atoms with Crippen LogP contribution < -0.4 is 10.6 Å². The average molecular weight is 194 g/mol.